The highest BCUT2D eigenvalue weighted by Crippen LogP contribution is 2.27. The maximum Gasteiger partial charge on any atom is 0.191 e. The van der Waals surface area contributed by atoms with Crippen molar-refractivity contribution in [1.29, 1.82) is 0 Å². The summed E-state index contributed by atoms with van der Waals surface area (Å²) in [4.78, 5) is 7.19. The van der Waals surface area contributed by atoms with E-state index in [2.05, 4.69) is 34.4 Å². The number of hydrogen-bond donors (Lipinski definition) is 3. The average molecular weight is 521 g/mol. The van der Waals surface area contributed by atoms with Crippen LogP contribution in [0.4, 0.5) is 0 Å². The van der Waals surface area contributed by atoms with Crippen molar-refractivity contribution in [1.82, 2.24) is 15.5 Å². The number of unbranched alkanes of at least 4 members (excludes halogenated alkanes) is 1. The number of aryl methyl sites for hydroxylation is 2. The van der Waals surface area contributed by atoms with E-state index in [-0.39, 0.29) is 30.5 Å². The Morgan fingerprint density at radius 1 is 1.28 bits per heavy atom. The number of piperidine rings is 1. The molecule has 3 N–H and O–H groups in total. The molecule has 0 spiro atoms. The molecule has 0 amide bonds. The van der Waals surface area contributed by atoms with Crippen LogP contribution in [0.15, 0.2) is 15.5 Å². The maximum atomic E-state index is 10.8. The van der Waals surface area contributed by atoms with Crippen LogP contribution in [0.1, 0.15) is 63.5 Å². The zero-order valence-electron chi connectivity index (χ0n) is 18.9. The minimum atomic E-state index is -1.05. The third-order valence-electron chi connectivity index (χ3n) is 5.58. The molecule has 0 aliphatic carbocycles. The molecule has 1 aliphatic heterocycles. The van der Waals surface area contributed by atoms with Gasteiger partial charge >= 0.3 is 0 Å². The Hall–Kier alpha value is -0.800. The molecule has 1 fully saturated rings. The summed E-state index contributed by atoms with van der Waals surface area (Å²) >= 11 is 0. The van der Waals surface area contributed by atoms with Crippen molar-refractivity contribution in [2.45, 2.75) is 65.9 Å². The fourth-order valence-corrected chi connectivity index (χ4v) is 3.78. The van der Waals surface area contributed by atoms with E-state index in [9.17, 15) is 5.11 Å². The highest BCUT2D eigenvalue weighted by molar-refractivity contribution is 14.0. The van der Waals surface area contributed by atoms with Gasteiger partial charge in [-0.2, -0.15) is 0 Å². The van der Waals surface area contributed by atoms with Gasteiger partial charge in [0.05, 0.1) is 6.54 Å². The molecule has 2 heterocycles. The number of halogens is 1. The number of rotatable bonds is 9. The highest BCUT2D eigenvalue weighted by Gasteiger charge is 2.27. The Kier molecular flexibility index (Phi) is 11.6. The monoisotopic (exact) mass is 520 g/mol. The van der Waals surface area contributed by atoms with Gasteiger partial charge in [-0.25, -0.2) is 4.99 Å². The van der Waals surface area contributed by atoms with Crippen molar-refractivity contribution in [2.24, 2.45) is 10.9 Å². The molecule has 1 aromatic heterocycles. The summed E-state index contributed by atoms with van der Waals surface area (Å²) in [6.07, 6.45) is 5.00. The van der Waals surface area contributed by atoms with Crippen LogP contribution in [-0.4, -0.2) is 55.2 Å². The molecule has 2 rings (SSSR count). The fraction of sp³-hybridized carbons (Fsp3) is 0.773. The van der Waals surface area contributed by atoms with Gasteiger partial charge in [0.1, 0.15) is 17.1 Å². The van der Waals surface area contributed by atoms with E-state index in [1.54, 1.807) is 6.92 Å². The molecule has 1 unspecified atom stereocenters. The molecule has 7 heteroatoms. The smallest absolute Gasteiger partial charge is 0.191 e. The summed E-state index contributed by atoms with van der Waals surface area (Å²) in [7, 11) is 0. The normalized spacial score (nSPS) is 18.2. The van der Waals surface area contributed by atoms with Crippen LogP contribution >= 0.6 is 24.0 Å². The number of aliphatic imine (C=N–C) groups is 1. The van der Waals surface area contributed by atoms with Crippen molar-refractivity contribution in [3.63, 3.8) is 0 Å². The number of hydrogen-bond acceptors (Lipinski definition) is 4. The third kappa shape index (κ3) is 8.84. The number of nitrogens with one attached hydrogen (secondary N) is 2. The zero-order valence-corrected chi connectivity index (χ0v) is 21.2. The predicted molar refractivity (Wildman–Crippen MR) is 131 cm³/mol. The molecule has 0 saturated carbocycles. The molecule has 168 valence electrons. The SMILES string of the molecule is CCNC(=NCC(C)(O)c1cc(C)oc1C)NCCCCN1CCC(C)CC1.I. The quantitative estimate of drug-likeness (QED) is 0.200. The zero-order chi connectivity index (χ0) is 20.6. The number of nitrogens with zero attached hydrogens (tertiary/aromatic N) is 2. The lowest BCUT2D eigenvalue weighted by Crippen LogP contribution is -2.39. The first-order chi connectivity index (χ1) is 13.3. The number of guanidine groups is 1. The maximum absolute atomic E-state index is 10.8. The number of aliphatic hydroxyl groups is 1. The second kappa shape index (κ2) is 12.8. The van der Waals surface area contributed by atoms with Gasteiger partial charge in [-0.15, -0.1) is 24.0 Å². The highest BCUT2D eigenvalue weighted by atomic mass is 127. The van der Waals surface area contributed by atoms with Gasteiger partial charge in [-0.3, -0.25) is 0 Å². The topological polar surface area (TPSA) is 73.0 Å². The Bertz CT molecular complexity index is 622. The minimum absolute atomic E-state index is 0. The first-order valence-corrected chi connectivity index (χ1v) is 10.9. The fourth-order valence-electron chi connectivity index (χ4n) is 3.78. The van der Waals surface area contributed by atoms with Gasteiger partial charge in [0.2, 0.25) is 0 Å². The molecular weight excluding hydrogens is 479 g/mol. The lowest BCUT2D eigenvalue weighted by Gasteiger charge is -2.30. The van der Waals surface area contributed by atoms with E-state index in [1.807, 2.05) is 19.9 Å². The Morgan fingerprint density at radius 2 is 1.97 bits per heavy atom. The van der Waals surface area contributed by atoms with Crippen LogP contribution < -0.4 is 10.6 Å². The molecule has 1 saturated heterocycles. The van der Waals surface area contributed by atoms with Gasteiger partial charge < -0.3 is 25.1 Å². The molecule has 0 bridgehead atoms. The summed E-state index contributed by atoms with van der Waals surface area (Å²) < 4.78 is 5.56. The van der Waals surface area contributed by atoms with Crippen molar-refractivity contribution in [3.05, 3.63) is 23.2 Å². The van der Waals surface area contributed by atoms with Crippen molar-refractivity contribution in [2.75, 3.05) is 39.3 Å². The van der Waals surface area contributed by atoms with E-state index in [0.717, 1.165) is 48.5 Å². The second-order valence-corrected chi connectivity index (χ2v) is 8.45. The molecule has 29 heavy (non-hydrogen) atoms. The molecule has 6 nitrogen and oxygen atoms in total. The van der Waals surface area contributed by atoms with Crippen LogP contribution in [0, 0.1) is 19.8 Å². The predicted octanol–water partition coefficient (Wildman–Crippen LogP) is 3.79. The molecule has 1 aromatic rings. The summed E-state index contributed by atoms with van der Waals surface area (Å²) in [5.74, 6) is 3.21. The standard InChI is InChI=1S/C22H40N4O2.HI/c1-6-23-21(24-11-7-8-12-26-13-9-17(2)10-14-26)25-16-22(5,27)20-15-18(3)28-19(20)4;/h15,17,27H,6-14,16H2,1-5H3,(H2,23,24,25);1H. The van der Waals surface area contributed by atoms with Crippen molar-refractivity contribution < 1.29 is 9.52 Å². The Labute approximate surface area is 193 Å². The average Bonchev–Trinajstić information content (AvgIpc) is 3.00. The first kappa shape index (κ1) is 26.2. The molecule has 0 radical (unpaired) electrons. The summed E-state index contributed by atoms with van der Waals surface area (Å²) in [6.45, 7) is 15.6. The van der Waals surface area contributed by atoms with E-state index in [1.165, 1.54) is 38.9 Å². The van der Waals surface area contributed by atoms with E-state index < -0.39 is 5.60 Å². The summed E-state index contributed by atoms with van der Waals surface area (Å²) in [5.41, 5.74) is -0.240. The van der Waals surface area contributed by atoms with Crippen LogP contribution in [0.25, 0.3) is 0 Å². The lowest BCUT2D eigenvalue weighted by molar-refractivity contribution is 0.0657. The lowest BCUT2D eigenvalue weighted by atomic mass is 9.96. The second-order valence-electron chi connectivity index (χ2n) is 8.45. The number of likely N-dealkylation sites (tertiary alicyclic amines) is 1. The van der Waals surface area contributed by atoms with Crippen LogP contribution in [0.5, 0.6) is 0 Å². The summed E-state index contributed by atoms with van der Waals surface area (Å²) in [5, 5.41) is 17.5. The molecule has 1 aliphatic rings. The first-order valence-electron chi connectivity index (χ1n) is 10.9. The van der Waals surface area contributed by atoms with Crippen LogP contribution in [0.2, 0.25) is 0 Å². The minimum Gasteiger partial charge on any atom is -0.466 e. The van der Waals surface area contributed by atoms with E-state index >= 15 is 0 Å². The summed E-state index contributed by atoms with van der Waals surface area (Å²) in [6, 6.07) is 1.90. The van der Waals surface area contributed by atoms with Gasteiger partial charge in [-0.1, -0.05) is 6.92 Å². The van der Waals surface area contributed by atoms with Gasteiger partial charge in [0.15, 0.2) is 5.96 Å². The van der Waals surface area contributed by atoms with Crippen LogP contribution in [0.3, 0.4) is 0 Å². The Balaban J connectivity index is 0.00000420. The Morgan fingerprint density at radius 3 is 2.55 bits per heavy atom. The van der Waals surface area contributed by atoms with Gasteiger partial charge in [-0.05, 0) is 85.0 Å². The third-order valence-corrected chi connectivity index (χ3v) is 5.58. The van der Waals surface area contributed by atoms with Gasteiger partial charge in [0.25, 0.3) is 0 Å². The van der Waals surface area contributed by atoms with E-state index in [0.29, 0.717) is 0 Å². The largest absolute Gasteiger partial charge is 0.466 e. The van der Waals surface area contributed by atoms with Crippen molar-refractivity contribution in [3.8, 4) is 0 Å². The van der Waals surface area contributed by atoms with E-state index in [4.69, 9.17) is 4.42 Å². The molecular formula is C22H41IN4O2. The molecule has 0 aromatic carbocycles. The van der Waals surface area contributed by atoms with Crippen LogP contribution in [-0.2, 0) is 5.60 Å². The van der Waals surface area contributed by atoms with Crippen molar-refractivity contribution >= 4 is 29.9 Å². The van der Waals surface area contributed by atoms with Gasteiger partial charge in [0, 0.05) is 18.7 Å². The number of furan rings is 1. The molecule has 1 atom stereocenters.